The molecule has 30 heavy (non-hydrogen) atoms. The molecule has 2 rings (SSSR count). The molecular formula is C20H19ClN2O7. The molecule has 1 N–H and O–H groups in total. The molecule has 2 aromatic carbocycles. The number of carbonyl (C=O) groups excluding carboxylic acids is 3. The molecule has 10 heteroatoms. The second-order valence-corrected chi connectivity index (χ2v) is 6.60. The van der Waals surface area contributed by atoms with Gasteiger partial charge in [-0.3, -0.25) is 19.7 Å². The van der Waals surface area contributed by atoms with Crippen molar-refractivity contribution < 1.29 is 28.8 Å². The molecule has 0 unspecified atom stereocenters. The normalized spacial score (nSPS) is 10.3. The Hall–Kier alpha value is -3.46. The number of carbonyl (C=O) groups is 3. The highest BCUT2D eigenvalue weighted by atomic mass is 35.5. The van der Waals surface area contributed by atoms with Gasteiger partial charge in [0, 0.05) is 29.7 Å². The summed E-state index contributed by atoms with van der Waals surface area (Å²) in [5.41, 5.74) is 0.468. The molecule has 158 valence electrons. The van der Waals surface area contributed by atoms with E-state index in [-0.39, 0.29) is 45.6 Å². The van der Waals surface area contributed by atoms with Crippen molar-refractivity contribution in [3.8, 4) is 5.75 Å². The number of ether oxygens (including phenoxy) is 2. The predicted molar refractivity (Wildman–Crippen MR) is 109 cm³/mol. The van der Waals surface area contributed by atoms with Crippen LogP contribution in [0.5, 0.6) is 5.75 Å². The van der Waals surface area contributed by atoms with Crippen LogP contribution in [0, 0.1) is 17.0 Å². The van der Waals surface area contributed by atoms with Crippen LogP contribution in [0.25, 0.3) is 0 Å². The van der Waals surface area contributed by atoms with E-state index in [0.29, 0.717) is 5.56 Å². The summed E-state index contributed by atoms with van der Waals surface area (Å²) in [4.78, 5) is 46.7. The first kappa shape index (κ1) is 22.8. The van der Waals surface area contributed by atoms with Crippen molar-refractivity contribution in [3.63, 3.8) is 0 Å². The van der Waals surface area contributed by atoms with Crippen molar-refractivity contribution in [2.75, 3.05) is 19.0 Å². The summed E-state index contributed by atoms with van der Waals surface area (Å²) in [6.07, 6.45) is 0.238. The third-order valence-electron chi connectivity index (χ3n) is 4.17. The van der Waals surface area contributed by atoms with E-state index in [1.165, 1.54) is 31.4 Å². The van der Waals surface area contributed by atoms with Crippen LogP contribution in [0.1, 0.15) is 39.6 Å². The number of Topliss-reactive ketones (excluding diaryl/α,β-unsaturated/α-hetero) is 1. The second-order valence-electron chi connectivity index (χ2n) is 6.19. The van der Waals surface area contributed by atoms with E-state index in [9.17, 15) is 24.5 Å². The highest BCUT2D eigenvalue weighted by Crippen LogP contribution is 2.31. The minimum atomic E-state index is -0.878. The molecule has 0 aliphatic rings. The maximum Gasteiger partial charge on any atom is 0.342 e. The number of anilines is 1. The van der Waals surface area contributed by atoms with E-state index in [4.69, 9.17) is 21.1 Å². The standard InChI is InChI=1S/C20H19ClN2O7/c1-4-19(25)22-15-9-18(29-3)13(8-14(15)21)20(26)30-10-17(24)12-6-5-11(2)16(7-12)23(27)28/h5-9H,4,10H2,1-3H3,(H,22,25). The maximum atomic E-state index is 12.4. The number of esters is 1. The molecule has 0 spiro atoms. The Bertz CT molecular complexity index is 1020. The number of halogens is 1. The first-order valence-electron chi connectivity index (χ1n) is 8.80. The Labute approximate surface area is 177 Å². The predicted octanol–water partition coefficient (Wildman–Crippen LogP) is 3.95. The lowest BCUT2D eigenvalue weighted by Gasteiger charge is -2.13. The summed E-state index contributed by atoms with van der Waals surface area (Å²) in [6, 6.07) is 6.63. The van der Waals surface area contributed by atoms with Gasteiger partial charge in [0.25, 0.3) is 5.69 Å². The zero-order valence-electron chi connectivity index (χ0n) is 16.5. The number of nitro benzene ring substituents is 1. The first-order valence-corrected chi connectivity index (χ1v) is 9.18. The summed E-state index contributed by atoms with van der Waals surface area (Å²) in [7, 11) is 1.32. The molecule has 0 aliphatic heterocycles. The molecule has 9 nitrogen and oxygen atoms in total. The molecule has 0 heterocycles. The van der Waals surface area contributed by atoms with Gasteiger partial charge >= 0.3 is 5.97 Å². The number of nitrogens with one attached hydrogen (secondary N) is 1. The summed E-state index contributed by atoms with van der Waals surface area (Å²) in [5, 5.41) is 13.7. The fourth-order valence-corrected chi connectivity index (χ4v) is 2.70. The Morgan fingerprint density at radius 2 is 1.90 bits per heavy atom. The van der Waals surface area contributed by atoms with Gasteiger partial charge in [0.05, 0.1) is 22.7 Å². The maximum absolute atomic E-state index is 12.4. The van der Waals surface area contributed by atoms with Crippen LogP contribution < -0.4 is 10.1 Å². The smallest absolute Gasteiger partial charge is 0.342 e. The molecule has 0 fully saturated rings. The van der Waals surface area contributed by atoms with Crippen LogP contribution in [-0.4, -0.2) is 36.3 Å². The zero-order valence-corrected chi connectivity index (χ0v) is 17.2. The molecule has 0 bridgehead atoms. The molecule has 0 radical (unpaired) electrons. The molecule has 1 amide bonds. The molecule has 0 aliphatic carbocycles. The van der Waals surface area contributed by atoms with Crippen molar-refractivity contribution >= 4 is 40.6 Å². The first-order chi connectivity index (χ1) is 14.2. The summed E-state index contributed by atoms with van der Waals surface area (Å²) >= 11 is 6.12. The van der Waals surface area contributed by atoms with Crippen molar-refractivity contribution in [2.24, 2.45) is 0 Å². The topological polar surface area (TPSA) is 125 Å². The number of hydrogen-bond donors (Lipinski definition) is 1. The van der Waals surface area contributed by atoms with Gasteiger partial charge in [-0.1, -0.05) is 30.7 Å². The number of hydrogen-bond acceptors (Lipinski definition) is 7. The van der Waals surface area contributed by atoms with Crippen molar-refractivity contribution in [2.45, 2.75) is 20.3 Å². The monoisotopic (exact) mass is 434 g/mol. The van der Waals surface area contributed by atoms with Crippen LogP contribution in [-0.2, 0) is 9.53 Å². The lowest BCUT2D eigenvalue weighted by Crippen LogP contribution is -2.16. The number of benzene rings is 2. The van der Waals surface area contributed by atoms with Crippen molar-refractivity contribution in [3.05, 3.63) is 62.2 Å². The van der Waals surface area contributed by atoms with Crippen LogP contribution in [0.3, 0.4) is 0 Å². The van der Waals surface area contributed by atoms with Crippen LogP contribution >= 0.6 is 11.6 Å². The van der Waals surface area contributed by atoms with E-state index in [1.54, 1.807) is 13.8 Å². The molecule has 0 saturated heterocycles. The van der Waals surface area contributed by atoms with Gasteiger partial charge in [0.1, 0.15) is 11.3 Å². The summed E-state index contributed by atoms with van der Waals surface area (Å²) < 4.78 is 10.2. The van der Waals surface area contributed by atoms with Gasteiger partial charge in [-0.2, -0.15) is 0 Å². The Morgan fingerprint density at radius 3 is 2.50 bits per heavy atom. The number of nitrogens with zero attached hydrogens (tertiary/aromatic N) is 1. The number of rotatable bonds is 8. The van der Waals surface area contributed by atoms with E-state index in [1.807, 2.05) is 0 Å². The molecular weight excluding hydrogens is 416 g/mol. The second kappa shape index (κ2) is 9.84. The molecule has 0 atom stereocenters. The number of amides is 1. The Balaban J connectivity index is 2.17. The quantitative estimate of drug-likeness (QED) is 0.288. The third kappa shape index (κ3) is 5.32. The van der Waals surface area contributed by atoms with Crippen molar-refractivity contribution in [1.29, 1.82) is 0 Å². The van der Waals surface area contributed by atoms with Crippen molar-refractivity contribution in [1.82, 2.24) is 0 Å². The zero-order chi connectivity index (χ0) is 22.4. The van der Waals surface area contributed by atoms with Gasteiger partial charge < -0.3 is 14.8 Å². The van der Waals surface area contributed by atoms with Crippen LogP contribution in [0.4, 0.5) is 11.4 Å². The van der Waals surface area contributed by atoms with Crippen LogP contribution in [0.15, 0.2) is 30.3 Å². The SMILES string of the molecule is CCC(=O)Nc1cc(OC)c(C(=O)OCC(=O)c2ccc(C)c([N+](=O)[O-])c2)cc1Cl. The average molecular weight is 435 g/mol. The molecule has 0 aromatic heterocycles. The van der Waals surface area contributed by atoms with E-state index < -0.39 is 23.3 Å². The number of nitro groups is 1. The van der Waals surface area contributed by atoms with Gasteiger partial charge in [0.2, 0.25) is 11.7 Å². The van der Waals surface area contributed by atoms with Gasteiger partial charge in [-0.05, 0) is 13.0 Å². The van der Waals surface area contributed by atoms with E-state index in [0.717, 1.165) is 6.07 Å². The van der Waals surface area contributed by atoms with Gasteiger partial charge in [-0.25, -0.2) is 4.79 Å². The Morgan fingerprint density at radius 1 is 1.20 bits per heavy atom. The summed E-state index contributed by atoms with van der Waals surface area (Å²) in [5.74, 6) is -1.67. The number of methoxy groups -OCH3 is 1. The number of ketones is 1. The van der Waals surface area contributed by atoms with Gasteiger partial charge in [-0.15, -0.1) is 0 Å². The average Bonchev–Trinajstić information content (AvgIpc) is 2.72. The van der Waals surface area contributed by atoms with Gasteiger partial charge in [0.15, 0.2) is 6.61 Å². The fraction of sp³-hybridized carbons (Fsp3) is 0.250. The minimum absolute atomic E-state index is 0.0420. The summed E-state index contributed by atoms with van der Waals surface area (Å²) in [6.45, 7) is 2.59. The third-order valence-corrected chi connectivity index (χ3v) is 4.48. The largest absolute Gasteiger partial charge is 0.496 e. The minimum Gasteiger partial charge on any atom is -0.496 e. The number of aryl methyl sites for hydroxylation is 1. The molecule has 0 saturated carbocycles. The van der Waals surface area contributed by atoms with Crippen LogP contribution in [0.2, 0.25) is 5.02 Å². The molecule has 2 aromatic rings. The highest BCUT2D eigenvalue weighted by molar-refractivity contribution is 6.34. The van der Waals surface area contributed by atoms with E-state index >= 15 is 0 Å². The highest BCUT2D eigenvalue weighted by Gasteiger charge is 2.21. The Kier molecular flexibility index (Phi) is 7.48. The van der Waals surface area contributed by atoms with E-state index in [2.05, 4.69) is 5.32 Å². The lowest BCUT2D eigenvalue weighted by molar-refractivity contribution is -0.385. The fourth-order valence-electron chi connectivity index (χ4n) is 2.49. The lowest BCUT2D eigenvalue weighted by atomic mass is 10.1.